The minimum atomic E-state index is 0.0816. The number of benzene rings is 1. The zero-order valence-corrected chi connectivity index (χ0v) is 9.62. The van der Waals surface area contributed by atoms with Crippen LogP contribution >= 0.6 is 0 Å². The van der Waals surface area contributed by atoms with Gasteiger partial charge in [0.1, 0.15) is 5.75 Å². The third-order valence-corrected chi connectivity index (χ3v) is 2.37. The van der Waals surface area contributed by atoms with Crippen LogP contribution < -0.4 is 10.5 Å². The molecule has 1 unspecified atom stereocenters. The Hall–Kier alpha value is -1.06. The van der Waals surface area contributed by atoms with E-state index in [1.807, 2.05) is 26.0 Å². The van der Waals surface area contributed by atoms with Gasteiger partial charge in [0.15, 0.2) is 0 Å². The van der Waals surface area contributed by atoms with Gasteiger partial charge in [0.25, 0.3) is 0 Å². The molecule has 0 spiro atoms. The molecule has 0 radical (unpaired) electrons. The zero-order chi connectivity index (χ0) is 11.3. The van der Waals surface area contributed by atoms with Crippen molar-refractivity contribution in [3.8, 4) is 5.75 Å². The van der Waals surface area contributed by atoms with Crippen LogP contribution in [0.3, 0.4) is 0 Å². The molecule has 1 rings (SSSR count). The molecule has 3 nitrogen and oxygen atoms in total. The molecule has 0 saturated heterocycles. The Bertz CT molecular complexity index is 312. The minimum Gasteiger partial charge on any atom is -0.496 e. The van der Waals surface area contributed by atoms with Gasteiger partial charge in [-0.25, -0.2) is 0 Å². The SMILES string of the molecule is COc1ccc(C(C)OCCN)cc1C. The van der Waals surface area contributed by atoms with E-state index in [1.54, 1.807) is 7.11 Å². The summed E-state index contributed by atoms with van der Waals surface area (Å²) >= 11 is 0. The lowest BCUT2D eigenvalue weighted by molar-refractivity contribution is 0.0717. The first-order chi connectivity index (χ1) is 7.19. The second-order valence-electron chi connectivity index (χ2n) is 3.53. The highest BCUT2D eigenvalue weighted by molar-refractivity contribution is 5.36. The number of hydrogen-bond donors (Lipinski definition) is 1. The molecule has 0 fully saturated rings. The van der Waals surface area contributed by atoms with Gasteiger partial charge in [-0.3, -0.25) is 0 Å². The minimum absolute atomic E-state index is 0.0816. The van der Waals surface area contributed by atoms with E-state index >= 15 is 0 Å². The highest BCUT2D eigenvalue weighted by atomic mass is 16.5. The predicted molar refractivity (Wildman–Crippen MR) is 61.2 cm³/mol. The molecule has 0 bridgehead atoms. The van der Waals surface area contributed by atoms with Gasteiger partial charge >= 0.3 is 0 Å². The van der Waals surface area contributed by atoms with Crippen LogP contribution in [0.2, 0.25) is 0 Å². The molecule has 15 heavy (non-hydrogen) atoms. The highest BCUT2D eigenvalue weighted by Gasteiger charge is 2.07. The second-order valence-corrected chi connectivity index (χ2v) is 3.53. The molecule has 0 saturated carbocycles. The smallest absolute Gasteiger partial charge is 0.121 e. The lowest BCUT2D eigenvalue weighted by Gasteiger charge is -2.14. The van der Waals surface area contributed by atoms with Crippen molar-refractivity contribution in [1.29, 1.82) is 0 Å². The van der Waals surface area contributed by atoms with Crippen molar-refractivity contribution in [3.05, 3.63) is 29.3 Å². The van der Waals surface area contributed by atoms with Crippen molar-refractivity contribution in [2.45, 2.75) is 20.0 Å². The monoisotopic (exact) mass is 209 g/mol. The summed E-state index contributed by atoms with van der Waals surface area (Å²) in [6.07, 6.45) is 0.0816. The quantitative estimate of drug-likeness (QED) is 0.807. The van der Waals surface area contributed by atoms with Crippen LogP contribution in [0.5, 0.6) is 5.75 Å². The lowest BCUT2D eigenvalue weighted by atomic mass is 10.1. The molecule has 0 aromatic heterocycles. The number of methoxy groups -OCH3 is 1. The number of rotatable bonds is 5. The van der Waals surface area contributed by atoms with Gasteiger partial charge in [-0.05, 0) is 37.1 Å². The van der Waals surface area contributed by atoms with E-state index in [-0.39, 0.29) is 6.10 Å². The fourth-order valence-corrected chi connectivity index (χ4v) is 1.50. The van der Waals surface area contributed by atoms with Gasteiger partial charge in [0.2, 0.25) is 0 Å². The molecule has 0 aliphatic rings. The molecule has 1 atom stereocenters. The van der Waals surface area contributed by atoms with E-state index in [0.29, 0.717) is 13.2 Å². The fraction of sp³-hybridized carbons (Fsp3) is 0.500. The van der Waals surface area contributed by atoms with Crippen molar-refractivity contribution in [1.82, 2.24) is 0 Å². The molecule has 2 N–H and O–H groups in total. The second kappa shape index (κ2) is 5.73. The van der Waals surface area contributed by atoms with E-state index in [4.69, 9.17) is 15.2 Å². The molecule has 0 aliphatic carbocycles. The Morgan fingerprint density at radius 1 is 1.40 bits per heavy atom. The van der Waals surface area contributed by atoms with Crippen LogP contribution in [0, 0.1) is 6.92 Å². The third kappa shape index (κ3) is 3.22. The number of ether oxygens (including phenoxy) is 2. The average Bonchev–Trinajstić information content (AvgIpc) is 2.25. The van der Waals surface area contributed by atoms with E-state index in [1.165, 1.54) is 0 Å². The van der Waals surface area contributed by atoms with Crippen LogP contribution in [-0.2, 0) is 4.74 Å². The van der Waals surface area contributed by atoms with E-state index in [2.05, 4.69) is 6.07 Å². The number of nitrogens with two attached hydrogens (primary N) is 1. The zero-order valence-electron chi connectivity index (χ0n) is 9.62. The fourth-order valence-electron chi connectivity index (χ4n) is 1.50. The molecule has 0 heterocycles. The van der Waals surface area contributed by atoms with Crippen molar-refractivity contribution >= 4 is 0 Å². The van der Waals surface area contributed by atoms with Crippen LogP contribution in [0.25, 0.3) is 0 Å². The van der Waals surface area contributed by atoms with Gasteiger partial charge in [0.05, 0.1) is 19.8 Å². The summed E-state index contributed by atoms with van der Waals surface area (Å²) in [5.41, 5.74) is 7.66. The summed E-state index contributed by atoms with van der Waals surface area (Å²) in [6, 6.07) is 6.07. The van der Waals surface area contributed by atoms with Crippen LogP contribution in [-0.4, -0.2) is 20.3 Å². The maximum atomic E-state index is 5.54. The number of hydrogen-bond acceptors (Lipinski definition) is 3. The summed E-state index contributed by atoms with van der Waals surface area (Å²) < 4.78 is 10.7. The molecule has 1 aromatic rings. The van der Waals surface area contributed by atoms with Gasteiger partial charge < -0.3 is 15.2 Å². The Kier molecular flexibility index (Phi) is 4.59. The Balaban J connectivity index is 2.73. The van der Waals surface area contributed by atoms with Gasteiger partial charge in [-0.15, -0.1) is 0 Å². The molecule has 1 aromatic carbocycles. The Morgan fingerprint density at radius 3 is 2.67 bits per heavy atom. The highest BCUT2D eigenvalue weighted by Crippen LogP contribution is 2.23. The summed E-state index contributed by atoms with van der Waals surface area (Å²) in [7, 11) is 1.68. The van der Waals surface area contributed by atoms with E-state index in [0.717, 1.165) is 16.9 Å². The Labute approximate surface area is 91.2 Å². The summed E-state index contributed by atoms with van der Waals surface area (Å²) in [4.78, 5) is 0. The maximum Gasteiger partial charge on any atom is 0.121 e. The molecular formula is C12H19NO2. The molecule has 0 aliphatic heterocycles. The van der Waals surface area contributed by atoms with Gasteiger partial charge in [-0.1, -0.05) is 6.07 Å². The standard InChI is InChI=1S/C12H19NO2/c1-9-8-11(4-5-12(9)14-3)10(2)15-7-6-13/h4-5,8,10H,6-7,13H2,1-3H3. The molecule has 3 heteroatoms. The first kappa shape index (κ1) is 12.0. The van der Waals surface area contributed by atoms with Crippen LogP contribution in [0.1, 0.15) is 24.2 Å². The molecule has 84 valence electrons. The summed E-state index contributed by atoms with van der Waals surface area (Å²) in [5.74, 6) is 0.907. The molecular weight excluding hydrogens is 190 g/mol. The van der Waals surface area contributed by atoms with Crippen molar-refractivity contribution in [2.75, 3.05) is 20.3 Å². The lowest BCUT2D eigenvalue weighted by Crippen LogP contribution is -2.11. The van der Waals surface area contributed by atoms with Crippen molar-refractivity contribution in [3.63, 3.8) is 0 Å². The van der Waals surface area contributed by atoms with Crippen LogP contribution in [0.4, 0.5) is 0 Å². The van der Waals surface area contributed by atoms with Crippen molar-refractivity contribution < 1.29 is 9.47 Å². The average molecular weight is 209 g/mol. The Morgan fingerprint density at radius 2 is 2.13 bits per heavy atom. The number of aryl methyl sites for hydroxylation is 1. The maximum absolute atomic E-state index is 5.54. The van der Waals surface area contributed by atoms with Gasteiger partial charge in [0, 0.05) is 6.54 Å². The van der Waals surface area contributed by atoms with E-state index in [9.17, 15) is 0 Å². The first-order valence-electron chi connectivity index (χ1n) is 5.15. The predicted octanol–water partition coefficient (Wildman–Crippen LogP) is 2.04. The summed E-state index contributed by atoms with van der Waals surface area (Å²) in [6.45, 7) is 5.20. The summed E-state index contributed by atoms with van der Waals surface area (Å²) in [5, 5.41) is 0. The van der Waals surface area contributed by atoms with Gasteiger partial charge in [-0.2, -0.15) is 0 Å². The van der Waals surface area contributed by atoms with Crippen molar-refractivity contribution in [2.24, 2.45) is 5.73 Å². The first-order valence-corrected chi connectivity index (χ1v) is 5.15. The molecule has 0 amide bonds. The van der Waals surface area contributed by atoms with E-state index < -0.39 is 0 Å². The van der Waals surface area contributed by atoms with Crippen LogP contribution in [0.15, 0.2) is 18.2 Å². The third-order valence-electron chi connectivity index (χ3n) is 2.37. The largest absolute Gasteiger partial charge is 0.496 e. The topological polar surface area (TPSA) is 44.5 Å². The normalized spacial score (nSPS) is 12.5.